The first-order chi connectivity index (χ1) is 7.24. The van der Waals surface area contributed by atoms with Crippen molar-refractivity contribution in [2.45, 2.75) is 25.8 Å². The van der Waals surface area contributed by atoms with Gasteiger partial charge in [-0.1, -0.05) is 30.3 Å². The third kappa shape index (κ3) is 4.47. The van der Waals surface area contributed by atoms with Crippen molar-refractivity contribution in [1.82, 2.24) is 0 Å². The highest BCUT2D eigenvalue weighted by Crippen LogP contribution is 2.22. The molecule has 0 heterocycles. The van der Waals surface area contributed by atoms with Crippen LogP contribution in [0.2, 0.25) is 6.32 Å². The molecule has 1 aromatic rings. The van der Waals surface area contributed by atoms with Crippen LogP contribution >= 0.6 is 0 Å². The van der Waals surface area contributed by atoms with E-state index in [0.29, 0.717) is 19.3 Å². The van der Waals surface area contributed by atoms with Crippen molar-refractivity contribution in [3.05, 3.63) is 35.9 Å². The van der Waals surface area contributed by atoms with E-state index in [4.69, 9.17) is 14.8 Å². The first kappa shape index (κ1) is 12.2. The quantitative estimate of drug-likeness (QED) is 0.698. The molecule has 0 radical (unpaired) electrons. The molecule has 1 atom stereocenters. The molecule has 0 spiro atoms. The summed E-state index contributed by atoms with van der Waals surface area (Å²) in [5.74, 6) is 0. The molecular formula is C11H17BO3. The van der Waals surface area contributed by atoms with Gasteiger partial charge in [-0.25, -0.2) is 0 Å². The van der Waals surface area contributed by atoms with Crippen LogP contribution in [-0.4, -0.2) is 23.8 Å². The topological polar surface area (TPSA) is 49.7 Å². The van der Waals surface area contributed by atoms with Crippen LogP contribution in [0.5, 0.6) is 0 Å². The second-order valence-corrected chi connectivity index (χ2v) is 3.41. The molecule has 1 aromatic carbocycles. The van der Waals surface area contributed by atoms with E-state index >= 15 is 0 Å². The maximum atomic E-state index is 8.82. The normalized spacial score (nSPS) is 12.5. The fourth-order valence-corrected chi connectivity index (χ4v) is 1.52. The van der Waals surface area contributed by atoms with Crippen LogP contribution in [0.4, 0.5) is 0 Å². The van der Waals surface area contributed by atoms with Crippen molar-refractivity contribution in [1.29, 1.82) is 0 Å². The van der Waals surface area contributed by atoms with Crippen LogP contribution in [0.15, 0.2) is 30.3 Å². The summed E-state index contributed by atoms with van der Waals surface area (Å²) >= 11 is 0. The van der Waals surface area contributed by atoms with Crippen LogP contribution in [-0.2, 0) is 4.74 Å². The van der Waals surface area contributed by atoms with Crippen molar-refractivity contribution >= 4 is 7.12 Å². The Hall–Kier alpha value is -0.835. The summed E-state index contributed by atoms with van der Waals surface area (Å²) in [6.45, 7) is 2.56. The van der Waals surface area contributed by atoms with E-state index in [0.717, 1.165) is 5.56 Å². The number of hydrogen-bond donors (Lipinski definition) is 2. The van der Waals surface area contributed by atoms with Crippen LogP contribution < -0.4 is 0 Å². The molecule has 0 bridgehead atoms. The zero-order valence-electron chi connectivity index (χ0n) is 8.97. The Bertz CT molecular complexity index is 264. The SMILES string of the molecule is CCOC(CCB(O)O)c1ccccc1. The Morgan fingerprint density at radius 1 is 1.27 bits per heavy atom. The molecule has 4 heteroatoms. The molecule has 0 amide bonds. The molecule has 3 nitrogen and oxygen atoms in total. The van der Waals surface area contributed by atoms with Crippen LogP contribution in [0.3, 0.4) is 0 Å². The van der Waals surface area contributed by atoms with Crippen LogP contribution in [0, 0.1) is 0 Å². The molecule has 0 fully saturated rings. The summed E-state index contributed by atoms with van der Waals surface area (Å²) in [4.78, 5) is 0. The van der Waals surface area contributed by atoms with Gasteiger partial charge in [-0.05, 0) is 25.2 Å². The van der Waals surface area contributed by atoms with E-state index in [1.54, 1.807) is 0 Å². The monoisotopic (exact) mass is 208 g/mol. The minimum Gasteiger partial charge on any atom is -0.427 e. The van der Waals surface area contributed by atoms with E-state index in [-0.39, 0.29) is 6.10 Å². The Balaban J connectivity index is 2.57. The molecule has 0 aromatic heterocycles. The molecule has 82 valence electrons. The van der Waals surface area contributed by atoms with Gasteiger partial charge in [-0.2, -0.15) is 0 Å². The molecule has 15 heavy (non-hydrogen) atoms. The van der Waals surface area contributed by atoms with Crippen molar-refractivity contribution in [2.24, 2.45) is 0 Å². The first-order valence-electron chi connectivity index (χ1n) is 5.26. The maximum absolute atomic E-state index is 8.82. The van der Waals surface area contributed by atoms with Gasteiger partial charge in [0.2, 0.25) is 0 Å². The second-order valence-electron chi connectivity index (χ2n) is 3.41. The lowest BCUT2D eigenvalue weighted by molar-refractivity contribution is 0.0586. The standard InChI is InChI=1S/C11H17BO3/c1-2-15-11(8-9-12(13)14)10-6-4-3-5-7-10/h3-7,11,13-14H,2,8-9H2,1H3. The van der Waals surface area contributed by atoms with E-state index in [9.17, 15) is 0 Å². The average molecular weight is 208 g/mol. The second kappa shape index (κ2) is 6.61. The summed E-state index contributed by atoms with van der Waals surface area (Å²) < 4.78 is 5.56. The number of hydrogen-bond acceptors (Lipinski definition) is 3. The summed E-state index contributed by atoms with van der Waals surface area (Å²) in [6.07, 6.45) is 0.910. The summed E-state index contributed by atoms with van der Waals surface area (Å²) in [5, 5.41) is 17.6. The number of ether oxygens (including phenoxy) is 1. The Labute approximate surface area is 90.9 Å². The lowest BCUT2D eigenvalue weighted by Crippen LogP contribution is -2.13. The average Bonchev–Trinajstić information content (AvgIpc) is 2.25. The molecule has 0 saturated carbocycles. The van der Waals surface area contributed by atoms with Crippen molar-refractivity contribution in [2.75, 3.05) is 6.61 Å². The predicted molar refractivity (Wildman–Crippen MR) is 60.4 cm³/mol. The molecule has 0 aliphatic carbocycles. The number of rotatable bonds is 6. The highest BCUT2D eigenvalue weighted by atomic mass is 16.5. The Kier molecular flexibility index (Phi) is 5.39. The van der Waals surface area contributed by atoms with E-state index in [2.05, 4.69) is 0 Å². The minimum atomic E-state index is -1.25. The maximum Gasteiger partial charge on any atom is 0.451 e. The molecular weight excluding hydrogens is 191 g/mol. The number of benzene rings is 1. The van der Waals surface area contributed by atoms with Gasteiger partial charge < -0.3 is 14.8 Å². The lowest BCUT2D eigenvalue weighted by atomic mass is 9.82. The molecule has 2 N–H and O–H groups in total. The van der Waals surface area contributed by atoms with Gasteiger partial charge in [0.15, 0.2) is 0 Å². The Morgan fingerprint density at radius 2 is 1.93 bits per heavy atom. The summed E-state index contributed by atoms with van der Waals surface area (Å²) in [5.41, 5.74) is 1.08. The van der Waals surface area contributed by atoms with Crippen molar-refractivity contribution in [3.63, 3.8) is 0 Å². The predicted octanol–water partition coefficient (Wildman–Crippen LogP) is 1.63. The van der Waals surface area contributed by atoms with Crippen LogP contribution in [0.1, 0.15) is 25.0 Å². The Morgan fingerprint density at radius 3 is 2.47 bits per heavy atom. The van der Waals surface area contributed by atoms with Gasteiger partial charge >= 0.3 is 7.12 Å². The third-order valence-corrected chi connectivity index (χ3v) is 2.23. The lowest BCUT2D eigenvalue weighted by Gasteiger charge is -2.17. The highest BCUT2D eigenvalue weighted by Gasteiger charge is 2.15. The highest BCUT2D eigenvalue weighted by molar-refractivity contribution is 6.40. The summed E-state index contributed by atoms with van der Waals surface area (Å²) in [6, 6.07) is 9.84. The molecule has 0 saturated heterocycles. The fraction of sp³-hybridized carbons (Fsp3) is 0.455. The van der Waals surface area contributed by atoms with Gasteiger partial charge in [-0.3, -0.25) is 0 Å². The van der Waals surface area contributed by atoms with Crippen molar-refractivity contribution in [3.8, 4) is 0 Å². The third-order valence-electron chi connectivity index (χ3n) is 2.23. The van der Waals surface area contributed by atoms with Crippen LogP contribution in [0.25, 0.3) is 0 Å². The van der Waals surface area contributed by atoms with E-state index in [1.165, 1.54) is 0 Å². The van der Waals surface area contributed by atoms with Crippen molar-refractivity contribution < 1.29 is 14.8 Å². The van der Waals surface area contributed by atoms with Gasteiger partial charge in [-0.15, -0.1) is 0 Å². The smallest absolute Gasteiger partial charge is 0.427 e. The minimum absolute atomic E-state index is 0.0435. The molecule has 1 unspecified atom stereocenters. The van der Waals surface area contributed by atoms with Gasteiger partial charge in [0, 0.05) is 6.61 Å². The largest absolute Gasteiger partial charge is 0.451 e. The van der Waals surface area contributed by atoms with E-state index in [1.807, 2.05) is 37.3 Å². The van der Waals surface area contributed by atoms with E-state index < -0.39 is 7.12 Å². The molecule has 1 rings (SSSR count). The fourth-order valence-electron chi connectivity index (χ4n) is 1.52. The van der Waals surface area contributed by atoms with Gasteiger partial charge in [0.1, 0.15) is 0 Å². The zero-order chi connectivity index (χ0) is 11.1. The first-order valence-corrected chi connectivity index (χ1v) is 5.26. The molecule has 0 aliphatic rings. The van der Waals surface area contributed by atoms with Gasteiger partial charge in [0.05, 0.1) is 6.10 Å². The summed E-state index contributed by atoms with van der Waals surface area (Å²) in [7, 11) is -1.25. The van der Waals surface area contributed by atoms with Gasteiger partial charge in [0.25, 0.3) is 0 Å². The zero-order valence-corrected chi connectivity index (χ0v) is 8.97. The molecule has 0 aliphatic heterocycles.